The van der Waals surface area contributed by atoms with Crippen LogP contribution in [-0.2, 0) is 0 Å². The number of nitrogens with zero attached hydrogens (tertiary/aromatic N) is 1. The highest BCUT2D eigenvalue weighted by Crippen LogP contribution is 2.26. The zero-order valence-corrected chi connectivity index (χ0v) is 13.0. The molecule has 18 heavy (non-hydrogen) atoms. The lowest BCUT2D eigenvalue weighted by Crippen LogP contribution is -2.43. The number of benzene rings is 1. The molecule has 0 saturated carbocycles. The number of carbonyl (C=O) groups is 1. The van der Waals surface area contributed by atoms with Crippen LogP contribution in [0.5, 0.6) is 0 Å². The Morgan fingerprint density at radius 3 is 2.44 bits per heavy atom. The molecule has 0 spiro atoms. The molecule has 0 aliphatic heterocycles. The molecule has 1 aromatic rings. The maximum Gasteiger partial charge on any atom is 0.256 e. The Morgan fingerprint density at radius 2 is 1.94 bits per heavy atom. The van der Waals surface area contributed by atoms with E-state index in [1.807, 2.05) is 6.92 Å². The van der Waals surface area contributed by atoms with Gasteiger partial charge in [-0.1, -0.05) is 26.8 Å². The van der Waals surface area contributed by atoms with Crippen LogP contribution in [0.4, 0.5) is 4.39 Å². The van der Waals surface area contributed by atoms with Crippen molar-refractivity contribution in [2.75, 3.05) is 7.05 Å². The van der Waals surface area contributed by atoms with Crippen molar-refractivity contribution in [2.45, 2.75) is 33.7 Å². The van der Waals surface area contributed by atoms with Gasteiger partial charge in [-0.05, 0) is 40.4 Å². The molecule has 0 fully saturated rings. The van der Waals surface area contributed by atoms with Crippen LogP contribution < -0.4 is 0 Å². The summed E-state index contributed by atoms with van der Waals surface area (Å²) in [5.74, 6) is -0.799. The summed E-state index contributed by atoms with van der Waals surface area (Å²) in [5.41, 5.74) is 0.0513. The molecule has 0 heterocycles. The maximum absolute atomic E-state index is 13.9. The van der Waals surface area contributed by atoms with Crippen molar-refractivity contribution in [1.82, 2.24) is 4.90 Å². The third-order valence-electron chi connectivity index (χ3n) is 3.34. The minimum absolute atomic E-state index is 0.0170. The topological polar surface area (TPSA) is 20.3 Å². The predicted octanol–water partition coefficient (Wildman–Crippen LogP) is 4.09. The van der Waals surface area contributed by atoms with Gasteiger partial charge in [-0.3, -0.25) is 4.79 Å². The second-order valence-corrected chi connectivity index (χ2v) is 6.41. The highest BCUT2D eigenvalue weighted by molar-refractivity contribution is 9.10. The Hall–Kier alpha value is -0.900. The van der Waals surface area contributed by atoms with Gasteiger partial charge in [0.2, 0.25) is 0 Å². The van der Waals surface area contributed by atoms with E-state index in [1.54, 1.807) is 24.1 Å². The minimum atomic E-state index is -0.504. The molecule has 0 radical (unpaired) electrons. The highest BCUT2D eigenvalue weighted by atomic mass is 79.9. The molecule has 1 rings (SSSR count). The summed E-state index contributed by atoms with van der Waals surface area (Å²) in [7, 11) is 1.71. The Morgan fingerprint density at radius 1 is 1.39 bits per heavy atom. The van der Waals surface area contributed by atoms with Gasteiger partial charge in [-0.15, -0.1) is 0 Å². The van der Waals surface area contributed by atoms with Gasteiger partial charge >= 0.3 is 0 Å². The maximum atomic E-state index is 13.9. The van der Waals surface area contributed by atoms with Crippen LogP contribution in [0.2, 0.25) is 0 Å². The average Bonchev–Trinajstić information content (AvgIpc) is 2.28. The average molecular weight is 316 g/mol. The molecule has 0 aromatic heterocycles. The summed E-state index contributed by atoms with van der Waals surface area (Å²) in [6, 6.07) is 4.77. The summed E-state index contributed by atoms with van der Waals surface area (Å²) in [4.78, 5) is 13.9. The van der Waals surface area contributed by atoms with E-state index in [9.17, 15) is 9.18 Å². The van der Waals surface area contributed by atoms with E-state index < -0.39 is 5.82 Å². The standard InChI is InChI=1S/C14H19BrFNO/c1-9(14(2,3)4)17(5)13(18)10-7-6-8-11(15)12(10)16/h6-9H,1-5H3. The van der Waals surface area contributed by atoms with Gasteiger partial charge in [-0.25, -0.2) is 4.39 Å². The number of carbonyl (C=O) groups excluding carboxylic acids is 1. The fourth-order valence-corrected chi connectivity index (χ4v) is 1.98. The Balaban J connectivity index is 3.05. The Kier molecular flexibility index (Phi) is 4.54. The summed E-state index contributed by atoms with van der Waals surface area (Å²) < 4.78 is 14.2. The lowest BCUT2D eigenvalue weighted by Gasteiger charge is -2.35. The molecule has 0 aliphatic rings. The first-order chi connectivity index (χ1) is 8.16. The normalized spacial score (nSPS) is 13.3. The zero-order chi connectivity index (χ0) is 14.1. The number of rotatable bonds is 2. The molecule has 0 bridgehead atoms. The number of halogens is 2. The van der Waals surface area contributed by atoms with Gasteiger partial charge in [0.1, 0.15) is 5.82 Å². The van der Waals surface area contributed by atoms with Crippen LogP contribution in [0.25, 0.3) is 0 Å². The van der Waals surface area contributed by atoms with E-state index in [2.05, 4.69) is 36.7 Å². The predicted molar refractivity (Wildman–Crippen MR) is 75.1 cm³/mol. The monoisotopic (exact) mass is 315 g/mol. The molecule has 0 saturated heterocycles. The Bertz CT molecular complexity index is 454. The number of hydrogen-bond donors (Lipinski definition) is 0. The molecule has 1 unspecified atom stereocenters. The summed E-state index contributed by atoms with van der Waals surface area (Å²) >= 11 is 3.09. The van der Waals surface area contributed by atoms with Crippen LogP contribution >= 0.6 is 15.9 Å². The number of hydrogen-bond acceptors (Lipinski definition) is 1. The molecule has 1 aromatic carbocycles. The second kappa shape index (κ2) is 5.39. The van der Waals surface area contributed by atoms with Crippen LogP contribution in [0.3, 0.4) is 0 Å². The summed E-state index contributed by atoms with van der Waals surface area (Å²) in [6.07, 6.45) is 0. The van der Waals surface area contributed by atoms with E-state index in [4.69, 9.17) is 0 Å². The van der Waals surface area contributed by atoms with Crippen molar-refractivity contribution >= 4 is 21.8 Å². The van der Waals surface area contributed by atoms with E-state index >= 15 is 0 Å². The molecule has 2 nitrogen and oxygen atoms in total. The van der Waals surface area contributed by atoms with Crippen molar-refractivity contribution in [2.24, 2.45) is 5.41 Å². The third kappa shape index (κ3) is 3.10. The van der Waals surface area contributed by atoms with Gasteiger partial charge in [0.15, 0.2) is 0 Å². The lowest BCUT2D eigenvalue weighted by molar-refractivity contribution is 0.0624. The first-order valence-corrected chi connectivity index (χ1v) is 6.66. The molecule has 0 N–H and O–H groups in total. The van der Waals surface area contributed by atoms with Crippen LogP contribution in [0.15, 0.2) is 22.7 Å². The SMILES string of the molecule is CC(N(C)C(=O)c1cccc(Br)c1F)C(C)(C)C. The van der Waals surface area contributed by atoms with Crippen molar-refractivity contribution in [3.05, 3.63) is 34.1 Å². The van der Waals surface area contributed by atoms with Crippen molar-refractivity contribution in [3.63, 3.8) is 0 Å². The van der Waals surface area contributed by atoms with Gasteiger partial charge in [-0.2, -0.15) is 0 Å². The fourth-order valence-electron chi connectivity index (χ4n) is 1.62. The van der Waals surface area contributed by atoms with Crippen LogP contribution in [0, 0.1) is 11.2 Å². The Labute approximate surface area is 116 Å². The van der Waals surface area contributed by atoms with E-state index in [0.717, 1.165) is 0 Å². The molecule has 4 heteroatoms. The smallest absolute Gasteiger partial charge is 0.256 e. The van der Waals surface area contributed by atoms with Gasteiger partial charge < -0.3 is 4.90 Å². The zero-order valence-electron chi connectivity index (χ0n) is 11.4. The molecule has 1 atom stereocenters. The van der Waals surface area contributed by atoms with Crippen molar-refractivity contribution in [1.29, 1.82) is 0 Å². The van der Waals surface area contributed by atoms with Gasteiger partial charge in [0, 0.05) is 13.1 Å². The fraction of sp³-hybridized carbons (Fsp3) is 0.500. The molecule has 1 amide bonds. The minimum Gasteiger partial charge on any atom is -0.338 e. The van der Waals surface area contributed by atoms with E-state index in [1.165, 1.54) is 6.07 Å². The highest BCUT2D eigenvalue weighted by Gasteiger charge is 2.28. The lowest BCUT2D eigenvalue weighted by atomic mass is 9.87. The first-order valence-electron chi connectivity index (χ1n) is 5.87. The van der Waals surface area contributed by atoms with E-state index in [-0.39, 0.29) is 22.9 Å². The molecule has 0 aliphatic carbocycles. The third-order valence-corrected chi connectivity index (χ3v) is 3.95. The van der Waals surface area contributed by atoms with Crippen LogP contribution in [-0.4, -0.2) is 23.9 Å². The largest absolute Gasteiger partial charge is 0.338 e. The number of amides is 1. The van der Waals surface area contributed by atoms with Crippen LogP contribution in [0.1, 0.15) is 38.1 Å². The first kappa shape index (κ1) is 15.2. The van der Waals surface area contributed by atoms with Gasteiger partial charge in [0.05, 0.1) is 10.0 Å². The van der Waals surface area contributed by atoms with Crippen molar-refractivity contribution in [3.8, 4) is 0 Å². The quantitative estimate of drug-likeness (QED) is 0.804. The summed E-state index contributed by atoms with van der Waals surface area (Å²) in [6.45, 7) is 8.13. The summed E-state index contributed by atoms with van der Waals surface area (Å²) in [5, 5.41) is 0. The van der Waals surface area contributed by atoms with Gasteiger partial charge in [0.25, 0.3) is 5.91 Å². The van der Waals surface area contributed by atoms with Crippen molar-refractivity contribution < 1.29 is 9.18 Å². The molecular formula is C14H19BrFNO. The molecule has 100 valence electrons. The second-order valence-electron chi connectivity index (χ2n) is 5.56. The van der Waals surface area contributed by atoms with E-state index in [0.29, 0.717) is 4.47 Å². The molecular weight excluding hydrogens is 297 g/mol.